The minimum absolute atomic E-state index is 0.176. The summed E-state index contributed by atoms with van der Waals surface area (Å²) in [5.41, 5.74) is 0. The van der Waals surface area contributed by atoms with Crippen LogP contribution < -0.4 is 0 Å². The number of esters is 1. The van der Waals surface area contributed by atoms with Crippen LogP contribution in [0.15, 0.2) is 28.9 Å². The quantitative estimate of drug-likeness (QED) is 0.454. The van der Waals surface area contributed by atoms with Crippen molar-refractivity contribution in [1.82, 2.24) is 0 Å². The maximum atomic E-state index is 10.7. The molecule has 0 saturated carbocycles. The zero-order chi connectivity index (χ0) is 8.55. The summed E-state index contributed by atoms with van der Waals surface area (Å²) in [5, 5.41) is 0. The predicted molar refractivity (Wildman–Crippen MR) is 37.8 cm³/mol. The SMILES string of the molecule is O=C1C=C(c2ccco2)OC1=O. The first-order valence-corrected chi connectivity index (χ1v) is 3.29. The van der Waals surface area contributed by atoms with Crippen molar-refractivity contribution in [3.05, 3.63) is 30.2 Å². The first-order chi connectivity index (χ1) is 5.77. The maximum absolute atomic E-state index is 10.7. The fourth-order valence-electron chi connectivity index (χ4n) is 0.898. The van der Waals surface area contributed by atoms with E-state index in [1.54, 1.807) is 12.1 Å². The molecule has 1 aromatic rings. The summed E-state index contributed by atoms with van der Waals surface area (Å²) >= 11 is 0. The van der Waals surface area contributed by atoms with Gasteiger partial charge in [-0.25, -0.2) is 4.79 Å². The van der Waals surface area contributed by atoms with Crippen LogP contribution in [-0.2, 0) is 14.3 Å². The van der Waals surface area contributed by atoms with Crippen molar-refractivity contribution < 1.29 is 18.7 Å². The van der Waals surface area contributed by atoms with E-state index in [2.05, 4.69) is 4.74 Å². The van der Waals surface area contributed by atoms with Crippen molar-refractivity contribution >= 4 is 17.5 Å². The number of hydrogen-bond acceptors (Lipinski definition) is 4. The molecule has 0 bridgehead atoms. The van der Waals surface area contributed by atoms with E-state index in [0.29, 0.717) is 5.76 Å². The average Bonchev–Trinajstić information content (AvgIpc) is 2.61. The molecule has 0 amide bonds. The monoisotopic (exact) mass is 164 g/mol. The zero-order valence-corrected chi connectivity index (χ0v) is 5.94. The second kappa shape index (κ2) is 2.34. The summed E-state index contributed by atoms with van der Waals surface area (Å²) in [7, 11) is 0. The normalized spacial score (nSPS) is 16.2. The number of hydrogen-bond donors (Lipinski definition) is 0. The standard InChI is InChI=1S/C8H4O4/c9-5-4-7(12-8(5)10)6-2-1-3-11-6/h1-4H. The summed E-state index contributed by atoms with van der Waals surface area (Å²) in [6, 6.07) is 3.25. The van der Waals surface area contributed by atoms with Gasteiger partial charge in [-0.2, -0.15) is 0 Å². The molecular formula is C8H4O4. The van der Waals surface area contributed by atoms with Gasteiger partial charge in [-0.15, -0.1) is 0 Å². The Balaban J connectivity index is 2.35. The molecule has 4 heteroatoms. The lowest BCUT2D eigenvalue weighted by Gasteiger charge is -1.93. The van der Waals surface area contributed by atoms with Crippen molar-refractivity contribution in [2.45, 2.75) is 0 Å². The Labute approximate surface area is 67.4 Å². The third-order valence-electron chi connectivity index (χ3n) is 1.43. The molecule has 12 heavy (non-hydrogen) atoms. The van der Waals surface area contributed by atoms with Gasteiger partial charge in [0, 0.05) is 6.08 Å². The van der Waals surface area contributed by atoms with Crippen molar-refractivity contribution in [3.63, 3.8) is 0 Å². The first-order valence-electron chi connectivity index (χ1n) is 3.29. The summed E-state index contributed by atoms with van der Waals surface area (Å²) in [4.78, 5) is 21.3. The van der Waals surface area contributed by atoms with Crippen molar-refractivity contribution in [2.24, 2.45) is 0 Å². The number of ketones is 1. The molecule has 0 aromatic carbocycles. The Morgan fingerprint density at radius 1 is 1.25 bits per heavy atom. The Morgan fingerprint density at radius 2 is 2.08 bits per heavy atom. The van der Waals surface area contributed by atoms with Gasteiger partial charge >= 0.3 is 5.97 Å². The van der Waals surface area contributed by atoms with Crippen LogP contribution in [0.3, 0.4) is 0 Å². The Hall–Kier alpha value is -1.84. The van der Waals surface area contributed by atoms with E-state index in [-0.39, 0.29) is 5.76 Å². The highest BCUT2D eigenvalue weighted by molar-refractivity contribution is 6.42. The lowest BCUT2D eigenvalue weighted by molar-refractivity contribution is -0.144. The average molecular weight is 164 g/mol. The number of carbonyl (C=O) groups excluding carboxylic acids is 2. The van der Waals surface area contributed by atoms with Crippen molar-refractivity contribution in [2.75, 3.05) is 0 Å². The molecule has 2 heterocycles. The van der Waals surface area contributed by atoms with E-state index in [9.17, 15) is 9.59 Å². The minimum atomic E-state index is -0.860. The van der Waals surface area contributed by atoms with E-state index in [4.69, 9.17) is 4.42 Å². The highest BCUT2D eigenvalue weighted by Crippen LogP contribution is 2.20. The summed E-state index contributed by atoms with van der Waals surface area (Å²) in [6.07, 6.45) is 2.55. The van der Waals surface area contributed by atoms with Crippen LogP contribution in [0.2, 0.25) is 0 Å². The van der Waals surface area contributed by atoms with E-state index in [1.807, 2.05) is 0 Å². The molecule has 60 valence electrons. The molecule has 0 radical (unpaired) electrons. The van der Waals surface area contributed by atoms with E-state index < -0.39 is 11.8 Å². The molecule has 1 aliphatic rings. The molecule has 0 spiro atoms. The van der Waals surface area contributed by atoms with Gasteiger partial charge in [0.1, 0.15) is 0 Å². The fourth-order valence-corrected chi connectivity index (χ4v) is 0.898. The van der Waals surface area contributed by atoms with E-state index in [1.165, 1.54) is 6.26 Å². The molecule has 1 aliphatic heterocycles. The largest absolute Gasteiger partial charge is 0.461 e. The van der Waals surface area contributed by atoms with Gasteiger partial charge in [0.15, 0.2) is 11.5 Å². The Kier molecular flexibility index (Phi) is 1.33. The molecule has 0 fully saturated rings. The van der Waals surface area contributed by atoms with E-state index in [0.717, 1.165) is 6.08 Å². The Bertz CT molecular complexity index is 358. The molecular weight excluding hydrogens is 160 g/mol. The zero-order valence-electron chi connectivity index (χ0n) is 5.94. The predicted octanol–water partition coefficient (Wildman–Crippen LogP) is 0.746. The first kappa shape index (κ1) is 6.84. The van der Waals surface area contributed by atoms with Gasteiger partial charge in [0.25, 0.3) is 5.78 Å². The lowest BCUT2D eigenvalue weighted by Crippen LogP contribution is -2.05. The van der Waals surface area contributed by atoms with Crippen LogP contribution in [0.4, 0.5) is 0 Å². The van der Waals surface area contributed by atoms with Gasteiger partial charge in [-0.1, -0.05) is 0 Å². The third-order valence-corrected chi connectivity index (χ3v) is 1.43. The van der Waals surface area contributed by atoms with E-state index >= 15 is 0 Å². The summed E-state index contributed by atoms with van der Waals surface area (Å²) in [5.74, 6) is -0.952. The van der Waals surface area contributed by atoms with Crippen LogP contribution in [0.1, 0.15) is 5.76 Å². The fraction of sp³-hybridized carbons (Fsp3) is 0. The maximum Gasteiger partial charge on any atom is 0.384 e. The summed E-state index contributed by atoms with van der Waals surface area (Å²) < 4.78 is 9.51. The molecule has 0 aliphatic carbocycles. The highest BCUT2D eigenvalue weighted by Gasteiger charge is 2.26. The molecule has 0 unspecified atom stereocenters. The number of furan rings is 1. The van der Waals surface area contributed by atoms with Gasteiger partial charge in [0.05, 0.1) is 6.26 Å². The molecule has 0 atom stereocenters. The van der Waals surface area contributed by atoms with Crippen LogP contribution >= 0.6 is 0 Å². The van der Waals surface area contributed by atoms with Crippen LogP contribution in [0.25, 0.3) is 5.76 Å². The number of ether oxygens (including phenoxy) is 1. The van der Waals surface area contributed by atoms with Gasteiger partial charge in [-0.05, 0) is 12.1 Å². The molecule has 2 rings (SSSR count). The van der Waals surface area contributed by atoms with Crippen LogP contribution in [-0.4, -0.2) is 11.8 Å². The molecule has 1 aromatic heterocycles. The van der Waals surface area contributed by atoms with Crippen LogP contribution in [0.5, 0.6) is 0 Å². The summed E-state index contributed by atoms with van der Waals surface area (Å²) in [6.45, 7) is 0. The van der Waals surface area contributed by atoms with Gasteiger partial charge in [0.2, 0.25) is 0 Å². The number of rotatable bonds is 1. The Morgan fingerprint density at radius 3 is 2.58 bits per heavy atom. The molecule has 0 N–H and O–H groups in total. The lowest BCUT2D eigenvalue weighted by atomic mass is 10.3. The van der Waals surface area contributed by atoms with Crippen LogP contribution in [0, 0.1) is 0 Å². The molecule has 0 saturated heterocycles. The topological polar surface area (TPSA) is 56.5 Å². The van der Waals surface area contributed by atoms with Gasteiger partial charge in [-0.3, -0.25) is 4.79 Å². The highest BCUT2D eigenvalue weighted by atomic mass is 16.6. The molecule has 4 nitrogen and oxygen atoms in total. The second-order valence-electron chi connectivity index (χ2n) is 2.24. The third kappa shape index (κ3) is 0.934. The van der Waals surface area contributed by atoms with Crippen molar-refractivity contribution in [1.29, 1.82) is 0 Å². The smallest absolute Gasteiger partial charge is 0.384 e. The number of cyclic esters (lactones) is 1. The second-order valence-corrected chi connectivity index (χ2v) is 2.24. The van der Waals surface area contributed by atoms with Gasteiger partial charge < -0.3 is 9.15 Å². The van der Waals surface area contributed by atoms with Crippen molar-refractivity contribution in [3.8, 4) is 0 Å². The number of carbonyl (C=O) groups is 2. The minimum Gasteiger partial charge on any atom is -0.461 e.